The monoisotopic (exact) mass is 408 g/mol. The van der Waals surface area contributed by atoms with Gasteiger partial charge in [-0.25, -0.2) is 0 Å². The van der Waals surface area contributed by atoms with Crippen molar-refractivity contribution in [1.82, 2.24) is 4.98 Å². The van der Waals surface area contributed by atoms with Gasteiger partial charge < -0.3 is 14.9 Å². The number of aromatic nitrogens is 1. The van der Waals surface area contributed by atoms with Gasteiger partial charge in [0.15, 0.2) is 11.5 Å². The number of aromatic amines is 1. The molecule has 0 spiro atoms. The number of aromatic hydroxyl groups is 2. The van der Waals surface area contributed by atoms with E-state index in [1.54, 1.807) is 36.2 Å². The predicted molar refractivity (Wildman–Crippen MR) is 117 cm³/mol. The van der Waals surface area contributed by atoms with Crippen molar-refractivity contribution in [3.8, 4) is 17.4 Å². The van der Waals surface area contributed by atoms with E-state index in [4.69, 9.17) is 4.74 Å². The van der Waals surface area contributed by atoms with Crippen LogP contribution in [0.2, 0.25) is 0 Å². The summed E-state index contributed by atoms with van der Waals surface area (Å²) in [7, 11) is 1.49. The lowest BCUT2D eigenvalue weighted by atomic mass is 9.99. The zero-order chi connectivity index (χ0) is 20.4. The van der Waals surface area contributed by atoms with Crippen LogP contribution >= 0.6 is 11.8 Å². The first kappa shape index (κ1) is 19.1. The van der Waals surface area contributed by atoms with E-state index in [-0.39, 0.29) is 17.2 Å². The number of nitrogens with one attached hydrogen (secondary N) is 1. The maximum Gasteiger partial charge on any atom is 0.258 e. The van der Waals surface area contributed by atoms with Crippen LogP contribution in [0.25, 0.3) is 16.3 Å². The fourth-order valence-corrected chi connectivity index (χ4v) is 4.25. The quantitative estimate of drug-likeness (QED) is 0.554. The Balaban J connectivity index is 1.70. The summed E-state index contributed by atoms with van der Waals surface area (Å²) in [5.41, 5.74) is 3.19. The van der Waals surface area contributed by atoms with Gasteiger partial charge in [-0.1, -0.05) is 12.1 Å². The molecule has 148 valence electrons. The molecule has 0 atom stereocenters. The molecule has 0 saturated heterocycles. The third-order valence-corrected chi connectivity index (χ3v) is 5.76. The Morgan fingerprint density at radius 2 is 2.07 bits per heavy atom. The summed E-state index contributed by atoms with van der Waals surface area (Å²) in [5.74, 6) is 1.28. The van der Waals surface area contributed by atoms with Gasteiger partial charge in [0.05, 0.1) is 19.2 Å². The number of thioether (sulfide) groups is 1. The number of ether oxygens (including phenoxy) is 1. The smallest absolute Gasteiger partial charge is 0.258 e. The number of hydrogen-bond donors (Lipinski definition) is 3. The summed E-state index contributed by atoms with van der Waals surface area (Å²) in [5, 5.41) is 23.5. The lowest BCUT2D eigenvalue weighted by Crippen LogP contribution is -2.08. The van der Waals surface area contributed by atoms with E-state index >= 15 is 0 Å². The highest BCUT2D eigenvalue weighted by atomic mass is 32.2. The average Bonchev–Trinajstić information content (AvgIpc) is 3.25. The Kier molecular flexibility index (Phi) is 5.31. The van der Waals surface area contributed by atoms with Crippen LogP contribution < -0.4 is 10.3 Å². The van der Waals surface area contributed by atoms with Gasteiger partial charge in [0.25, 0.3) is 5.56 Å². The molecule has 0 radical (unpaired) electrons. The normalized spacial score (nSPS) is 13.9. The number of pyridine rings is 1. The minimum absolute atomic E-state index is 0.0462. The Labute approximate surface area is 171 Å². The molecule has 2 heterocycles. The Bertz CT molecular complexity index is 1200. The van der Waals surface area contributed by atoms with Crippen LogP contribution in [-0.2, 0) is 6.54 Å². The van der Waals surface area contributed by atoms with Crippen LogP contribution in [0.4, 0.5) is 0 Å². The van der Waals surface area contributed by atoms with Crippen molar-refractivity contribution < 1.29 is 14.9 Å². The molecule has 4 rings (SSSR count). The molecule has 0 amide bonds. The summed E-state index contributed by atoms with van der Waals surface area (Å²) >= 11 is 1.77. The number of phenolic OH excluding ortho intramolecular Hbond substituents is 1. The SMILES string of the molecule is COc1ccc(CN=Cc2c(O)[nH]c(=O)c3ccc(C4=CSCC4)cc23)cc1O. The van der Waals surface area contributed by atoms with Gasteiger partial charge in [-0.15, -0.1) is 11.8 Å². The van der Waals surface area contributed by atoms with Crippen LogP contribution in [0, 0.1) is 0 Å². The summed E-state index contributed by atoms with van der Waals surface area (Å²) in [4.78, 5) is 19.1. The maximum atomic E-state index is 12.3. The summed E-state index contributed by atoms with van der Waals surface area (Å²) in [6, 6.07) is 10.7. The second kappa shape index (κ2) is 8.05. The van der Waals surface area contributed by atoms with Crippen molar-refractivity contribution >= 4 is 34.3 Å². The van der Waals surface area contributed by atoms with E-state index in [9.17, 15) is 15.0 Å². The van der Waals surface area contributed by atoms with Gasteiger partial charge in [0.1, 0.15) is 0 Å². The zero-order valence-corrected chi connectivity index (χ0v) is 16.6. The second-order valence-electron chi connectivity index (χ2n) is 6.72. The molecule has 1 aromatic heterocycles. The lowest BCUT2D eigenvalue weighted by Gasteiger charge is -2.08. The largest absolute Gasteiger partial charge is 0.504 e. The van der Waals surface area contributed by atoms with E-state index in [0.717, 1.165) is 23.3 Å². The van der Waals surface area contributed by atoms with E-state index in [1.807, 2.05) is 18.2 Å². The number of fused-ring (bicyclic) bond motifs is 1. The molecule has 0 saturated carbocycles. The number of aliphatic imine (C=N–C) groups is 1. The fourth-order valence-electron chi connectivity index (χ4n) is 3.34. The summed E-state index contributed by atoms with van der Waals surface area (Å²) in [6.45, 7) is 0.305. The number of nitrogens with zero attached hydrogens (tertiary/aromatic N) is 1. The van der Waals surface area contributed by atoms with Crippen molar-refractivity contribution in [1.29, 1.82) is 0 Å². The molecule has 2 aromatic carbocycles. The van der Waals surface area contributed by atoms with E-state index in [0.29, 0.717) is 28.6 Å². The molecule has 0 aliphatic carbocycles. The Morgan fingerprint density at radius 3 is 2.79 bits per heavy atom. The van der Waals surface area contributed by atoms with Crippen LogP contribution in [0.3, 0.4) is 0 Å². The lowest BCUT2D eigenvalue weighted by molar-refractivity contribution is 0.373. The number of allylic oxidation sites excluding steroid dienone is 1. The first-order valence-electron chi connectivity index (χ1n) is 9.12. The van der Waals surface area contributed by atoms with Crippen LogP contribution in [0.15, 0.2) is 51.6 Å². The minimum Gasteiger partial charge on any atom is -0.504 e. The molecule has 3 aromatic rings. The van der Waals surface area contributed by atoms with E-state index in [1.165, 1.54) is 12.7 Å². The second-order valence-corrected chi connectivity index (χ2v) is 7.69. The van der Waals surface area contributed by atoms with Crippen molar-refractivity contribution in [2.45, 2.75) is 13.0 Å². The highest BCUT2D eigenvalue weighted by Crippen LogP contribution is 2.32. The molecule has 0 unspecified atom stereocenters. The molecule has 1 aliphatic heterocycles. The van der Waals surface area contributed by atoms with E-state index < -0.39 is 0 Å². The molecule has 29 heavy (non-hydrogen) atoms. The number of phenols is 1. The third kappa shape index (κ3) is 3.86. The summed E-state index contributed by atoms with van der Waals surface area (Å²) < 4.78 is 5.04. The van der Waals surface area contributed by atoms with Crippen LogP contribution in [-0.4, -0.2) is 34.3 Å². The number of hydrogen-bond acceptors (Lipinski definition) is 6. The highest BCUT2D eigenvalue weighted by Gasteiger charge is 2.13. The van der Waals surface area contributed by atoms with E-state index in [2.05, 4.69) is 15.4 Å². The van der Waals surface area contributed by atoms with Crippen molar-refractivity contribution in [2.24, 2.45) is 4.99 Å². The molecule has 0 bridgehead atoms. The van der Waals surface area contributed by atoms with Crippen LogP contribution in [0.5, 0.6) is 17.4 Å². The van der Waals surface area contributed by atoms with Gasteiger partial charge >= 0.3 is 0 Å². The van der Waals surface area contributed by atoms with Crippen molar-refractivity contribution in [2.75, 3.05) is 12.9 Å². The van der Waals surface area contributed by atoms with Gasteiger partial charge in [-0.3, -0.25) is 14.8 Å². The van der Waals surface area contributed by atoms with Crippen molar-refractivity contribution in [3.63, 3.8) is 0 Å². The molecule has 6 nitrogen and oxygen atoms in total. The van der Waals surface area contributed by atoms with Gasteiger partial charge in [-0.2, -0.15) is 0 Å². The van der Waals surface area contributed by atoms with Crippen LogP contribution in [0.1, 0.15) is 23.1 Å². The number of benzene rings is 2. The third-order valence-electron chi connectivity index (χ3n) is 4.86. The first-order chi connectivity index (χ1) is 14.1. The molecular weight excluding hydrogens is 388 g/mol. The number of methoxy groups -OCH3 is 1. The minimum atomic E-state index is -0.337. The summed E-state index contributed by atoms with van der Waals surface area (Å²) in [6.07, 6.45) is 2.53. The number of H-pyrrole nitrogens is 1. The first-order valence-corrected chi connectivity index (χ1v) is 10.2. The molecule has 0 fully saturated rings. The Hall–Kier alpha value is -3.19. The van der Waals surface area contributed by atoms with Crippen molar-refractivity contribution in [3.05, 3.63) is 68.9 Å². The molecule has 3 N–H and O–H groups in total. The molecule has 1 aliphatic rings. The fraction of sp³-hybridized carbons (Fsp3) is 0.182. The van der Waals surface area contributed by atoms with Gasteiger partial charge in [-0.05, 0) is 52.8 Å². The number of rotatable bonds is 5. The Morgan fingerprint density at radius 1 is 1.21 bits per heavy atom. The zero-order valence-electron chi connectivity index (χ0n) is 15.8. The van der Waals surface area contributed by atoms with Gasteiger partial charge in [0.2, 0.25) is 5.88 Å². The average molecular weight is 408 g/mol. The highest BCUT2D eigenvalue weighted by molar-refractivity contribution is 8.02. The maximum absolute atomic E-state index is 12.3. The molecular formula is C22H20N2O4S. The molecule has 7 heteroatoms. The standard InChI is InChI=1S/C22H20N2O4S/c1-28-20-5-2-13(8-19(20)25)10-23-11-18-17-9-14(15-6-7-29-12-15)3-4-16(17)21(26)24-22(18)27/h2-5,8-9,11-12,25H,6-7,10H2,1H3,(H2,24,26,27). The topological polar surface area (TPSA) is 94.9 Å². The van der Waals surface area contributed by atoms with Gasteiger partial charge in [0, 0.05) is 22.7 Å². The predicted octanol–water partition coefficient (Wildman–Crippen LogP) is 4.04.